The summed E-state index contributed by atoms with van der Waals surface area (Å²) in [5, 5.41) is 0. The Balaban J connectivity index is 2.29. The van der Waals surface area contributed by atoms with Gasteiger partial charge in [0.15, 0.2) is 0 Å². The van der Waals surface area contributed by atoms with Gasteiger partial charge in [0.2, 0.25) is 0 Å². The van der Waals surface area contributed by atoms with E-state index in [4.69, 9.17) is 0 Å². The Morgan fingerprint density at radius 1 is 0.765 bits per heavy atom. The molecule has 0 N–H and O–H groups in total. The summed E-state index contributed by atoms with van der Waals surface area (Å²) in [6.07, 6.45) is 5.84. The molecule has 2 heterocycles. The van der Waals surface area contributed by atoms with Crippen LogP contribution in [0.3, 0.4) is 0 Å². The van der Waals surface area contributed by atoms with Crippen LogP contribution in [0.2, 0.25) is 0 Å². The van der Waals surface area contributed by atoms with Crippen molar-refractivity contribution >= 4 is 0 Å². The molecule has 0 aromatic carbocycles. The molecule has 0 amide bonds. The van der Waals surface area contributed by atoms with Crippen molar-refractivity contribution in [1.29, 1.82) is 0 Å². The van der Waals surface area contributed by atoms with E-state index in [0.29, 0.717) is 0 Å². The van der Waals surface area contributed by atoms with Crippen molar-refractivity contribution in [1.82, 2.24) is 0 Å². The third-order valence-corrected chi connectivity index (χ3v) is 6.54. The van der Waals surface area contributed by atoms with Crippen molar-refractivity contribution < 1.29 is 4.48 Å². The Morgan fingerprint density at radius 3 is 1.94 bits per heavy atom. The van der Waals surface area contributed by atoms with E-state index < -0.39 is 0 Å². The van der Waals surface area contributed by atoms with Gasteiger partial charge in [-0.15, -0.1) is 0 Å². The molecule has 17 heavy (non-hydrogen) atoms. The Labute approximate surface area is 108 Å². The Morgan fingerprint density at radius 2 is 1.35 bits per heavy atom. The summed E-state index contributed by atoms with van der Waals surface area (Å²) in [4.78, 5) is 0. The molecule has 5 unspecified atom stereocenters. The number of nitrogens with zero attached hydrogens (tertiary/aromatic N) is 1. The summed E-state index contributed by atoms with van der Waals surface area (Å²) in [6, 6.07) is 1.75. The van der Waals surface area contributed by atoms with Gasteiger partial charge in [-0.25, -0.2) is 0 Å². The van der Waals surface area contributed by atoms with Gasteiger partial charge in [-0.05, 0) is 44.9 Å². The zero-order chi connectivity index (χ0) is 12.6. The van der Waals surface area contributed by atoms with Gasteiger partial charge in [-0.3, -0.25) is 0 Å². The van der Waals surface area contributed by atoms with Crippen LogP contribution in [0.5, 0.6) is 0 Å². The molecule has 1 spiro atoms. The van der Waals surface area contributed by atoms with Crippen LogP contribution in [0.15, 0.2) is 0 Å². The number of piperidine rings is 1. The molecule has 1 nitrogen and oxygen atoms in total. The van der Waals surface area contributed by atoms with E-state index in [1.807, 2.05) is 0 Å². The normalized spacial score (nSPS) is 46.8. The Hall–Kier alpha value is -0.0400. The first-order chi connectivity index (χ1) is 7.99. The SMILES string of the molecule is CC1CC(C)[N+]2(CCCCC2)C(C)C(C)C1C. The number of hydrogen-bond donors (Lipinski definition) is 0. The van der Waals surface area contributed by atoms with Crippen molar-refractivity contribution in [2.45, 2.75) is 72.4 Å². The van der Waals surface area contributed by atoms with Crippen molar-refractivity contribution in [3.8, 4) is 0 Å². The molecule has 2 aliphatic heterocycles. The highest BCUT2D eigenvalue weighted by atomic mass is 15.4. The van der Waals surface area contributed by atoms with E-state index in [1.165, 1.54) is 43.3 Å². The van der Waals surface area contributed by atoms with Crippen LogP contribution in [0, 0.1) is 17.8 Å². The van der Waals surface area contributed by atoms with E-state index in [9.17, 15) is 0 Å². The number of rotatable bonds is 0. The molecule has 2 fully saturated rings. The zero-order valence-corrected chi connectivity index (χ0v) is 12.6. The minimum atomic E-state index is 0.866. The lowest BCUT2D eigenvalue weighted by atomic mass is 9.81. The molecule has 0 saturated carbocycles. The molecular weight excluding hydrogens is 206 g/mol. The van der Waals surface area contributed by atoms with E-state index in [0.717, 1.165) is 29.8 Å². The van der Waals surface area contributed by atoms with Crippen LogP contribution in [0.25, 0.3) is 0 Å². The van der Waals surface area contributed by atoms with Crippen LogP contribution in [-0.4, -0.2) is 29.7 Å². The molecule has 5 atom stereocenters. The summed E-state index contributed by atoms with van der Waals surface area (Å²) in [5.41, 5.74) is 0. The molecule has 0 aliphatic carbocycles. The maximum Gasteiger partial charge on any atom is 0.0892 e. The number of quaternary nitrogens is 1. The molecular formula is C16H32N+. The van der Waals surface area contributed by atoms with E-state index in [1.54, 1.807) is 0 Å². The van der Waals surface area contributed by atoms with E-state index >= 15 is 0 Å². The summed E-state index contributed by atoms with van der Waals surface area (Å²) in [7, 11) is 0. The quantitative estimate of drug-likeness (QED) is 0.558. The van der Waals surface area contributed by atoms with Crippen LogP contribution in [-0.2, 0) is 0 Å². The summed E-state index contributed by atoms with van der Waals surface area (Å²) in [5.74, 6) is 2.68. The highest BCUT2D eigenvalue weighted by Gasteiger charge is 2.47. The lowest BCUT2D eigenvalue weighted by Gasteiger charge is -2.51. The van der Waals surface area contributed by atoms with Gasteiger partial charge in [0.05, 0.1) is 25.2 Å². The summed E-state index contributed by atoms with van der Waals surface area (Å²) in [6.45, 7) is 15.5. The first kappa shape index (κ1) is 13.4. The fourth-order valence-corrected chi connectivity index (χ4v) is 4.74. The molecule has 2 aliphatic rings. The highest BCUT2D eigenvalue weighted by molar-refractivity contribution is 4.81. The average molecular weight is 238 g/mol. The summed E-state index contributed by atoms with van der Waals surface area (Å²) >= 11 is 0. The highest BCUT2D eigenvalue weighted by Crippen LogP contribution is 2.41. The lowest BCUT2D eigenvalue weighted by molar-refractivity contribution is -0.976. The third kappa shape index (κ3) is 2.16. The molecule has 2 saturated heterocycles. The second-order valence-corrected chi connectivity index (χ2v) is 7.13. The smallest absolute Gasteiger partial charge is 0.0892 e. The minimum Gasteiger partial charge on any atom is -0.319 e. The van der Waals surface area contributed by atoms with Crippen LogP contribution in [0.4, 0.5) is 0 Å². The van der Waals surface area contributed by atoms with Crippen LogP contribution >= 0.6 is 0 Å². The fraction of sp³-hybridized carbons (Fsp3) is 1.00. The van der Waals surface area contributed by atoms with Gasteiger partial charge in [0.1, 0.15) is 0 Å². The first-order valence-electron chi connectivity index (χ1n) is 7.85. The first-order valence-corrected chi connectivity index (χ1v) is 7.85. The van der Waals surface area contributed by atoms with Gasteiger partial charge in [-0.2, -0.15) is 0 Å². The second kappa shape index (κ2) is 4.91. The topological polar surface area (TPSA) is 0 Å². The molecule has 0 radical (unpaired) electrons. The molecule has 1 heteroatoms. The Bertz CT molecular complexity index is 254. The zero-order valence-electron chi connectivity index (χ0n) is 12.6. The van der Waals surface area contributed by atoms with Crippen molar-refractivity contribution in [2.75, 3.05) is 13.1 Å². The van der Waals surface area contributed by atoms with Gasteiger partial charge in [0, 0.05) is 12.3 Å². The van der Waals surface area contributed by atoms with E-state index in [-0.39, 0.29) is 0 Å². The van der Waals surface area contributed by atoms with Crippen LogP contribution in [0.1, 0.15) is 60.3 Å². The monoisotopic (exact) mass is 238 g/mol. The van der Waals surface area contributed by atoms with Crippen molar-refractivity contribution in [2.24, 2.45) is 17.8 Å². The second-order valence-electron chi connectivity index (χ2n) is 7.13. The van der Waals surface area contributed by atoms with Crippen molar-refractivity contribution in [3.63, 3.8) is 0 Å². The largest absolute Gasteiger partial charge is 0.319 e. The number of hydrogen-bond acceptors (Lipinski definition) is 0. The molecule has 0 aromatic rings. The van der Waals surface area contributed by atoms with Gasteiger partial charge >= 0.3 is 0 Å². The predicted octanol–water partition coefficient (Wildman–Crippen LogP) is 4.08. The lowest BCUT2D eigenvalue weighted by Crippen LogP contribution is -2.62. The third-order valence-electron chi connectivity index (χ3n) is 6.54. The van der Waals surface area contributed by atoms with Crippen LogP contribution < -0.4 is 0 Å². The van der Waals surface area contributed by atoms with Gasteiger partial charge in [-0.1, -0.05) is 20.8 Å². The minimum absolute atomic E-state index is 0.866. The molecule has 100 valence electrons. The Kier molecular flexibility index (Phi) is 3.87. The predicted molar refractivity (Wildman–Crippen MR) is 74.9 cm³/mol. The maximum atomic E-state index is 2.54. The molecule has 0 aromatic heterocycles. The van der Waals surface area contributed by atoms with Crippen molar-refractivity contribution in [3.05, 3.63) is 0 Å². The van der Waals surface area contributed by atoms with E-state index in [2.05, 4.69) is 34.6 Å². The summed E-state index contributed by atoms with van der Waals surface area (Å²) < 4.78 is 1.44. The molecule has 0 bridgehead atoms. The maximum absolute atomic E-state index is 2.54. The fourth-order valence-electron chi connectivity index (χ4n) is 4.74. The van der Waals surface area contributed by atoms with Gasteiger partial charge < -0.3 is 4.48 Å². The standard InChI is InChI=1S/C16H32N/c1-12-11-13(2)17(9-7-6-8-10-17)16(5)15(4)14(12)3/h12-16H,6-11H2,1-5H3/q+1. The molecule has 2 rings (SSSR count). The average Bonchev–Trinajstić information content (AvgIpc) is 2.40. The van der Waals surface area contributed by atoms with Gasteiger partial charge in [0.25, 0.3) is 0 Å².